The summed E-state index contributed by atoms with van der Waals surface area (Å²) < 4.78 is 39.9. The van der Waals surface area contributed by atoms with E-state index >= 15 is 0 Å². The lowest BCUT2D eigenvalue weighted by Gasteiger charge is -2.23. The molecule has 0 aliphatic heterocycles. The minimum atomic E-state index is -4.64. The van der Waals surface area contributed by atoms with Crippen molar-refractivity contribution < 1.29 is 67.3 Å². The van der Waals surface area contributed by atoms with Gasteiger partial charge in [0, 0.05) is 26.2 Å². The molecular weight excluding hydrogens is 811 g/mol. The van der Waals surface area contributed by atoms with Gasteiger partial charge in [0.05, 0.1) is 48.3 Å². The molecule has 27 heteroatoms. The Morgan fingerprint density at radius 1 is 0.729 bits per heavy atom. The summed E-state index contributed by atoms with van der Waals surface area (Å²) in [4.78, 5) is 66.5. The van der Waals surface area contributed by atoms with E-state index in [1.54, 1.807) is 27.4 Å². The Labute approximate surface area is 338 Å². The molecule has 59 heavy (non-hydrogen) atoms. The van der Waals surface area contributed by atoms with Crippen LogP contribution >= 0.6 is 7.82 Å². The second-order valence-corrected chi connectivity index (χ2v) is 12.0. The quantitative estimate of drug-likeness (QED) is 0.0189. The van der Waals surface area contributed by atoms with E-state index in [0.29, 0.717) is 80.5 Å². The maximum atomic E-state index is 12.6. The van der Waals surface area contributed by atoms with Crippen molar-refractivity contribution >= 4 is 49.8 Å². The third-order valence-electron chi connectivity index (χ3n) is 6.90. The molecule has 0 aromatic heterocycles. The lowest BCUT2D eigenvalue weighted by atomic mass is 10.1. The number of unbranched alkanes of at least 4 members (excludes halogenated alkanes) is 2. The molecule has 26 nitrogen and oxygen atoms in total. The highest BCUT2D eigenvalue weighted by Gasteiger charge is 2.20. The second kappa shape index (κ2) is 28.7. The highest BCUT2D eigenvalue weighted by molar-refractivity contribution is 7.45. The first-order valence-electron chi connectivity index (χ1n) is 16.9. The van der Waals surface area contributed by atoms with Gasteiger partial charge in [0.1, 0.15) is 16.0 Å². The molecule has 2 aromatic rings. The van der Waals surface area contributed by atoms with E-state index in [4.69, 9.17) is 54.4 Å². The van der Waals surface area contributed by atoms with Gasteiger partial charge >= 0.3 is 20.0 Å². The largest absolute Gasteiger partial charge is 0.495 e. The molecule has 2 amide bonds. The van der Waals surface area contributed by atoms with Crippen LogP contribution in [-0.4, -0.2) is 118 Å². The number of hydrogen-bond donors (Lipinski definition) is 8. The van der Waals surface area contributed by atoms with Crippen molar-refractivity contribution in [1.82, 2.24) is 16.0 Å². The van der Waals surface area contributed by atoms with Crippen LogP contribution in [0.25, 0.3) is 12.2 Å². The number of rotatable bonds is 19. The van der Waals surface area contributed by atoms with Gasteiger partial charge in [-0.15, -0.1) is 0 Å². The number of carbonyl (C=O) groups is 2. The number of nitro groups is 2. The molecule has 10 N–H and O–H groups in total. The summed E-state index contributed by atoms with van der Waals surface area (Å²) in [6, 6.07) is 9.06. The summed E-state index contributed by atoms with van der Waals surface area (Å²) in [6.07, 6.45) is 5.21. The molecule has 0 aliphatic carbocycles. The summed E-state index contributed by atoms with van der Waals surface area (Å²) in [5, 5.41) is 32.0. The molecule has 0 saturated heterocycles. The Kier molecular flexibility index (Phi) is 25.5. The average molecular weight is 863 g/mol. The number of ether oxygens (including phenoxy) is 6. The molecule has 0 aliphatic rings. The summed E-state index contributed by atoms with van der Waals surface area (Å²) in [7, 11) is 4.09. The zero-order valence-corrected chi connectivity index (χ0v) is 34.1. The molecule has 2 aromatic carbocycles. The normalized spacial score (nSPS) is 11.1. The zero-order chi connectivity index (χ0) is 45.0. The fourth-order valence-electron chi connectivity index (χ4n) is 4.42. The maximum Gasteiger partial charge on any atom is 0.466 e. The molecule has 0 fully saturated rings. The first-order chi connectivity index (χ1) is 27.8. The minimum absolute atomic E-state index is 0.231. The number of carbonyl (C=O) groups excluding carboxylic acids is 2. The number of nitrogens with two attached hydrogens (primary N) is 2. The topological polar surface area (TPSA) is 370 Å². The molecule has 330 valence electrons. The fraction of sp³-hybridized carbons (Fsp3) is 0.438. The van der Waals surface area contributed by atoms with Gasteiger partial charge in [-0.25, -0.2) is 34.4 Å². The lowest BCUT2D eigenvalue weighted by molar-refractivity contribution is -0.485. The smallest absolute Gasteiger partial charge is 0.466 e. The SMILES string of the molecule is COC(=O)N(CCCCNC(N)=N[N+](=O)[O-])c1cc(/C=C\c2cc(OC)c(OC)c(OC)c2)ccc1OC.COC(=O)NCCCCNC(N)=N[N+](=O)[O-].O=P(O)(O)O. The average Bonchev–Trinajstić information content (AvgIpc) is 3.17. The van der Waals surface area contributed by atoms with E-state index in [9.17, 15) is 29.8 Å². The number of hydrazone groups is 2. The molecule has 0 radical (unpaired) electrons. The van der Waals surface area contributed by atoms with E-state index in [1.165, 1.54) is 26.2 Å². The van der Waals surface area contributed by atoms with Crippen molar-refractivity contribution in [3.05, 3.63) is 61.7 Å². The standard InChI is InChI=1S/C25H33N5O8.C7H15N5O4.H3O4P/c1-34-20-11-10-17(8-9-18-15-21(35-2)23(37-4)22(16-18)36-3)14-19(20)29(25(31)38-5)13-7-6-12-27-24(26)28-30(32)33;1-16-7(13)10-5-3-2-4-9-6(8)11-12(14)15;1-5(2,3)4/h8-11,14-16H,6-7,12-13H2,1-5H3,(H3,26,27,28);2-5H2,1H3,(H,10,13)(H3,8,9,11);(H3,1,2,3,4)/b9-8-;;. The van der Waals surface area contributed by atoms with E-state index in [-0.39, 0.29) is 11.9 Å². The van der Waals surface area contributed by atoms with Crippen molar-refractivity contribution in [2.75, 3.05) is 73.7 Å². The molecule has 2 rings (SSSR count). The van der Waals surface area contributed by atoms with Crippen LogP contribution in [0.3, 0.4) is 0 Å². The van der Waals surface area contributed by atoms with Crippen molar-refractivity contribution in [2.45, 2.75) is 25.7 Å². The number of nitrogens with zero attached hydrogens (tertiary/aromatic N) is 5. The third kappa shape index (κ3) is 23.9. The molecule has 0 spiro atoms. The molecule has 0 atom stereocenters. The van der Waals surface area contributed by atoms with Crippen LogP contribution in [-0.2, 0) is 14.0 Å². The molecule has 0 saturated carbocycles. The number of guanidine groups is 2. The first-order valence-corrected chi connectivity index (χ1v) is 18.5. The van der Waals surface area contributed by atoms with Crippen molar-refractivity contribution in [1.29, 1.82) is 0 Å². The third-order valence-corrected chi connectivity index (χ3v) is 6.90. The van der Waals surface area contributed by atoms with Gasteiger partial charge in [-0.1, -0.05) is 18.2 Å². The van der Waals surface area contributed by atoms with Gasteiger partial charge in [-0.3, -0.25) is 4.90 Å². The van der Waals surface area contributed by atoms with Crippen LogP contribution in [0.2, 0.25) is 0 Å². The van der Waals surface area contributed by atoms with Crippen LogP contribution in [0.4, 0.5) is 15.3 Å². The monoisotopic (exact) mass is 862 g/mol. The lowest BCUT2D eigenvalue weighted by Crippen LogP contribution is -2.35. The highest BCUT2D eigenvalue weighted by Crippen LogP contribution is 2.39. The summed E-state index contributed by atoms with van der Waals surface area (Å²) in [5.41, 5.74) is 12.7. The number of alkyl carbamates (subject to hydrolysis) is 1. The number of phosphoric acid groups is 1. The van der Waals surface area contributed by atoms with Crippen molar-refractivity contribution in [2.24, 2.45) is 21.7 Å². The van der Waals surface area contributed by atoms with E-state index in [0.717, 1.165) is 11.1 Å². The van der Waals surface area contributed by atoms with Gasteiger partial charge in [-0.05, 0) is 61.1 Å². The summed E-state index contributed by atoms with van der Waals surface area (Å²) in [5.74, 6) is 1.52. The van der Waals surface area contributed by atoms with E-state index < -0.39 is 30.1 Å². The van der Waals surface area contributed by atoms with Gasteiger partial charge in [0.2, 0.25) is 5.75 Å². The Balaban J connectivity index is 0.00000132. The predicted octanol–water partition coefficient (Wildman–Crippen LogP) is 1.63. The Morgan fingerprint density at radius 3 is 1.61 bits per heavy atom. The van der Waals surface area contributed by atoms with Crippen molar-refractivity contribution in [3.8, 4) is 23.0 Å². The first kappa shape index (κ1) is 52.4. The Morgan fingerprint density at radius 2 is 1.19 bits per heavy atom. The van der Waals surface area contributed by atoms with Crippen LogP contribution in [0, 0.1) is 20.2 Å². The van der Waals surface area contributed by atoms with E-state index in [1.807, 2.05) is 36.4 Å². The van der Waals surface area contributed by atoms with Gasteiger partial charge in [0.15, 0.2) is 21.6 Å². The maximum absolute atomic E-state index is 12.6. The van der Waals surface area contributed by atoms with Gasteiger partial charge < -0.3 is 70.5 Å². The van der Waals surface area contributed by atoms with Crippen molar-refractivity contribution in [3.63, 3.8) is 0 Å². The summed E-state index contributed by atoms with van der Waals surface area (Å²) >= 11 is 0. The number of amides is 2. The Hall–Kier alpha value is -6.63. The molecule has 0 bridgehead atoms. The van der Waals surface area contributed by atoms with Crippen LogP contribution in [0.1, 0.15) is 36.8 Å². The molecular formula is C32H51N10O16P. The number of benzene rings is 2. The number of hydrogen-bond acceptors (Lipinski definition) is 13. The number of methoxy groups -OCH3 is 6. The molecule has 0 heterocycles. The molecule has 0 unspecified atom stereocenters. The van der Waals surface area contributed by atoms with Gasteiger partial charge in [0.25, 0.3) is 11.9 Å². The second-order valence-electron chi connectivity index (χ2n) is 11.0. The number of nitrogens with one attached hydrogen (secondary N) is 3. The Bertz CT molecular complexity index is 1760. The van der Waals surface area contributed by atoms with Crippen LogP contribution < -0.4 is 51.3 Å². The zero-order valence-electron chi connectivity index (χ0n) is 33.2. The van der Waals surface area contributed by atoms with Crippen LogP contribution in [0.15, 0.2) is 40.5 Å². The van der Waals surface area contributed by atoms with Gasteiger partial charge in [-0.2, -0.15) is 0 Å². The predicted molar refractivity (Wildman–Crippen MR) is 214 cm³/mol. The summed E-state index contributed by atoms with van der Waals surface area (Å²) in [6.45, 7) is 1.57. The fourth-order valence-corrected chi connectivity index (χ4v) is 4.42. The highest BCUT2D eigenvalue weighted by atomic mass is 31.2. The number of anilines is 1. The van der Waals surface area contributed by atoms with Crippen LogP contribution in [0.5, 0.6) is 23.0 Å². The van der Waals surface area contributed by atoms with E-state index in [2.05, 4.69) is 30.9 Å². The minimum Gasteiger partial charge on any atom is -0.495 e.